The third-order valence-electron chi connectivity index (χ3n) is 5.86. The van der Waals surface area contributed by atoms with Gasteiger partial charge in [-0.2, -0.15) is 5.10 Å². The summed E-state index contributed by atoms with van der Waals surface area (Å²) in [6, 6.07) is 16.8. The molecule has 0 bridgehead atoms. The number of esters is 1. The van der Waals surface area contributed by atoms with E-state index in [1.54, 1.807) is 12.1 Å². The van der Waals surface area contributed by atoms with E-state index in [-0.39, 0.29) is 17.9 Å². The normalized spacial score (nSPS) is 15.4. The number of fused-ring (bicyclic) bond motifs is 1. The highest BCUT2D eigenvalue weighted by atomic mass is 35.5. The van der Waals surface area contributed by atoms with Crippen LogP contribution in [0.5, 0.6) is 5.75 Å². The highest BCUT2D eigenvalue weighted by molar-refractivity contribution is 6.30. The summed E-state index contributed by atoms with van der Waals surface area (Å²) in [7, 11) is 0. The van der Waals surface area contributed by atoms with Gasteiger partial charge in [-0.15, -0.1) is 0 Å². The van der Waals surface area contributed by atoms with Crippen LogP contribution in [0.2, 0.25) is 5.02 Å². The van der Waals surface area contributed by atoms with Crippen LogP contribution in [0.4, 0.5) is 0 Å². The maximum Gasteiger partial charge on any atom is 0.308 e. The van der Waals surface area contributed by atoms with Gasteiger partial charge in [0.1, 0.15) is 11.4 Å². The average Bonchev–Trinajstić information content (AvgIpc) is 3.24. The molecule has 0 spiro atoms. The predicted molar refractivity (Wildman–Crippen MR) is 128 cm³/mol. The Hall–Kier alpha value is -3.12. The molecule has 4 rings (SSSR count). The number of halogens is 1. The summed E-state index contributed by atoms with van der Waals surface area (Å²) >= 11 is 6.04. The van der Waals surface area contributed by atoms with Gasteiger partial charge in [-0.05, 0) is 42.3 Å². The van der Waals surface area contributed by atoms with Crippen LogP contribution in [0.1, 0.15) is 61.6 Å². The van der Waals surface area contributed by atoms with Gasteiger partial charge >= 0.3 is 5.97 Å². The van der Waals surface area contributed by atoms with E-state index in [0.717, 1.165) is 42.5 Å². The summed E-state index contributed by atoms with van der Waals surface area (Å²) < 4.78 is 7.03. The molecule has 172 valence electrons. The lowest BCUT2D eigenvalue weighted by atomic mass is 10.0. The van der Waals surface area contributed by atoms with Crippen molar-refractivity contribution in [3.63, 3.8) is 0 Å². The minimum absolute atomic E-state index is 0.0292. The molecule has 2 aromatic carbocycles. The number of ether oxygens (including phenoxy) is 1. The summed E-state index contributed by atoms with van der Waals surface area (Å²) in [5.74, 6) is 0.117. The van der Waals surface area contributed by atoms with Crippen LogP contribution in [0, 0.1) is 0 Å². The van der Waals surface area contributed by atoms with Crippen molar-refractivity contribution < 1.29 is 14.3 Å². The molecule has 0 saturated carbocycles. The number of carbonyl (C=O) groups is 2. The minimum atomic E-state index is -0.353. The van der Waals surface area contributed by atoms with Crippen LogP contribution < -0.4 is 4.74 Å². The number of hydrogen-bond acceptors (Lipinski definition) is 4. The molecule has 1 amide bonds. The third kappa shape index (κ3) is 5.45. The summed E-state index contributed by atoms with van der Waals surface area (Å²) in [4.78, 5) is 26.4. The fourth-order valence-electron chi connectivity index (χ4n) is 4.20. The molecule has 0 fully saturated rings. The number of benzene rings is 2. The lowest BCUT2D eigenvalue weighted by Gasteiger charge is -2.33. The van der Waals surface area contributed by atoms with Crippen molar-refractivity contribution in [3.8, 4) is 17.0 Å². The van der Waals surface area contributed by atoms with Crippen molar-refractivity contribution in [1.29, 1.82) is 0 Å². The highest BCUT2D eigenvalue weighted by Crippen LogP contribution is 2.30. The van der Waals surface area contributed by atoms with Crippen LogP contribution in [0.25, 0.3) is 11.3 Å². The largest absolute Gasteiger partial charge is 0.427 e. The van der Waals surface area contributed by atoms with Crippen molar-refractivity contribution in [2.24, 2.45) is 0 Å². The van der Waals surface area contributed by atoms with Gasteiger partial charge in [0, 0.05) is 30.6 Å². The summed E-state index contributed by atoms with van der Waals surface area (Å²) in [5, 5.41) is 5.49. The number of amides is 1. The second-order valence-corrected chi connectivity index (χ2v) is 8.88. The molecule has 7 heteroatoms. The number of carbonyl (C=O) groups excluding carboxylic acids is 2. The summed E-state index contributed by atoms with van der Waals surface area (Å²) in [5.41, 5.74) is 3.32. The van der Waals surface area contributed by atoms with Crippen LogP contribution in [0.15, 0.2) is 54.6 Å². The molecular formula is C26H28ClN3O3. The van der Waals surface area contributed by atoms with Crippen LogP contribution in [-0.4, -0.2) is 33.1 Å². The fourth-order valence-corrected chi connectivity index (χ4v) is 4.33. The van der Waals surface area contributed by atoms with Gasteiger partial charge in [0.05, 0.1) is 11.7 Å². The third-order valence-corrected chi connectivity index (χ3v) is 6.11. The quantitative estimate of drug-likeness (QED) is 0.236. The van der Waals surface area contributed by atoms with E-state index in [4.69, 9.17) is 21.4 Å². The van der Waals surface area contributed by atoms with E-state index in [1.807, 2.05) is 52.0 Å². The van der Waals surface area contributed by atoms with Crippen LogP contribution in [-0.2, 0) is 11.3 Å². The molecule has 2 heterocycles. The first-order valence-electron chi connectivity index (χ1n) is 11.4. The topological polar surface area (TPSA) is 64.4 Å². The van der Waals surface area contributed by atoms with Gasteiger partial charge in [0.2, 0.25) is 0 Å². The SMILES string of the molecule is CCCCCC1CN(Cc2ccc(OC(C)=O)cc2)C(=O)c2cc(-c3ccc(Cl)cc3)nn21. The van der Waals surface area contributed by atoms with E-state index in [2.05, 4.69) is 6.92 Å². The Labute approximate surface area is 199 Å². The fraction of sp³-hybridized carbons (Fsp3) is 0.346. The summed E-state index contributed by atoms with van der Waals surface area (Å²) in [6.45, 7) is 4.67. The first-order chi connectivity index (χ1) is 15.9. The van der Waals surface area contributed by atoms with Gasteiger partial charge in [-0.3, -0.25) is 14.3 Å². The average molecular weight is 466 g/mol. The predicted octanol–water partition coefficient (Wildman–Crippen LogP) is 5.91. The molecule has 0 aliphatic carbocycles. The second kappa shape index (κ2) is 10.2. The number of unbranched alkanes of at least 4 members (excludes halogenated alkanes) is 2. The number of hydrogen-bond donors (Lipinski definition) is 0. The maximum atomic E-state index is 13.4. The molecule has 1 unspecified atom stereocenters. The standard InChI is InChI=1S/C26H28ClN3O3/c1-3-4-5-6-22-17-29(16-19-7-13-23(14-8-19)33-18(2)31)26(32)25-15-24(28-30(22)25)20-9-11-21(27)12-10-20/h7-15,22H,3-6,16-17H2,1-2H3. The van der Waals surface area contributed by atoms with Crippen molar-refractivity contribution in [2.45, 2.75) is 52.1 Å². The van der Waals surface area contributed by atoms with E-state index in [9.17, 15) is 9.59 Å². The number of rotatable bonds is 8. The van der Waals surface area contributed by atoms with Gasteiger partial charge in [-0.1, -0.05) is 62.1 Å². The molecule has 1 aromatic heterocycles. The van der Waals surface area contributed by atoms with Crippen molar-refractivity contribution in [1.82, 2.24) is 14.7 Å². The first kappa shape index (κ1) is 23.1. The molecule has 3 aromatic rings. The number of aromatic nitrogens is 2. The molecule has 0 N–H and O–H groups in total. The van der Waals surface area contributed by atoms with Crippen molar-refractivity contribution in [2.75, 3.05) is 6.54 Å². The Kier molecular flexibility index (Phi) is 7.14. The Morgan fingerprint density at radius 3 is 2.52 bits per heavy atom. The van der Waals surface area contributed by atoms with Gasteiger partial charge < -0.3 is 9.64 Å². The van der Waals surface area contributed by atoms with Crippen LogP contribution in [0.3, 0.4) is 0 Å². The summed E-state index contributed by atoms with van der Waals surface area (Å²) in [6.07, 6.45) is 4.36. The monoisotopic (exact) mass is 465 g/mol. The zero-order valence-electron chi connectivity index (χ0n) is 19.0. The zero-order valence-corrected chi connectivity index (χ0v) is 19.7. The minimum Gasteiger partial charge on any atom is -0.427 e. The molecule has 33 heavy (non-hydrogen) atoms. The second-order valence-electron chi connectivity index (χ2n) is 8.44. The Morgan fingerprint density at radius 2 is 1.85 bits per heavy atom. The van der Waals surface area contributed by atoms with Gasteiger partial charge in [0.15, 0.2) is 0 Å². The van der Waals surface area contributed by atoms with Crippen molar-refractivity contribution in [3.05, 3.63) is 70.9 Å². The van der Waals surface area contributed by atoms with Gasteiger partial charge in [-0.25, -0.2) is 0 Å². The molecule has 1 aliphatic rings. The highest BCUT2D eigenvalue weighted by Gasteiger charge is 2.32. The Balaban J connectivity index is 1.59. The van der Waals surface area contributed by atoms with Crippen LogP contribution >= 0.6 is 11.6 Å². The Bertz CT molecular complexity index is 1120. The van der Waals surface area contributed by atoms with E-state index in [0.29, 0.717) is 29.6 Å². The molecule has 6 nitrogen and oxygen atoms in total. The molecular weight excluding hydrogens is 438 g/mol. The number of nitrogens with zero attached hydrogens (tertiary/aromatic N) is 3. The first-order valence-corrected chi connectivity index (χ1v) is 11.7. The molecule has 0 radical (unpaired) electrons. The van der Waals surface area contributed by atoms with E-state index >= 15 is 0 Å². The molecule has 0 saturated heterocycles. The van der Waals surface area contributed by atoms with Crippen molar-refractivity contribution >= 4 is 23.5 Å². The van der Waals surface area contributed by atoms with E-state index < -0.39 is 0 Å². The van der Waals surface area contributed by atoms with Gasteiger partial charge in [0.25, 0.3) is 5.91 Å². The Morgan fingerprint density at radius 1 is 1.12 bits per heavy atom. The molecule has 1 atom stereocenters. The smallest absolute Gasteiger partial charge is 0.308 e. The maximum absolute atomic E-state index is 13.4. The lowest BCUT2D eigenvalue weighted by molar-refractivity contribution is -0.131. The zero-order chi connectivity index (χ0) is 23.4. The molecule has 1 aliphatic heterocycles. The lowest BCUT2D eigenvalue weighted by Crippen LogP contribution is -2.42. The van der Waals surface area contributed by atoms with E-state index in [1.165, 1.54) is 6.92 Å².